The molecule has 1 nitrogen and oxygen atoms in total. The van der Waals surface area contributed by atoms with Crippen molar-refractivity contribution in [3.05, 3.63) is 0 Å². The molecule has 2 fully saturated rings. The van der Waals surface area contributed by atoms with Gasteiger partial charge in [-0.15, -0.1) is 0 Å². The lowest BCUT2D eigenvalue weighted by molar-refractivity contribution is 0.306. The van der Waals surface area contributed by atoms with Crippen LogP contribution >= 0.6 is 0 Å². The van der Waals surface area contributed by atoms with E-state index in [0.29, 0.717) is 0 Å². The maximum absolute atomic E-state index is 5.49. The Morgan fingerprint density at radius 3 is 2.58 bits per heavy atom. The van der Waals surface area contributed by atoms with Crippen molar-refractivity contribution in [1.82, 2.24) is 0 Å². The molecule has 0 radical (unpaired) electrons. The van der Waals surface area contributed by atoms with Gasteiger partial charge in [-0.05, 0) is 50.0 Å². The minimum Gasteiger partial charge on any atom is -0.330 e. The fourth-order valence-corrected chi connectivity index (χ4v) is 3.28. The third-order valence-electron chi connectivity index (χ3n) is 3.91. The SMILES string of the molecule is NCCCC[C@H]1C[C@@H]2CC[C@@H]1C2. The molecule has 0 aromatic heterocycles. The van der Waals surface area contributed by atoms with Crippen molar-refractivity contribution in [3.8, 4) is 0 Å². The Kier molecular flexibility index (Phi) is 2.69. The van der Waals surface area contributed by atoms with Crippen molar-refractivity contribution >= 4 is 0 Å². The number of hydrogen-bond acceptors (Lipinski definition) is 1. The van der Waals surface area contributed by atoms with E-state index in [1.807, 2.05) is 0 Å². The van der Waals surface area contributed by atoms with Gasteiger partial charge >= 0.3 is 0 Å². The number of unbranched alkanes of at least 4 members (excludes halogenated alkanes) is 1. The van der Waals surface area contributed by atoms with Gasteiger partial charge in [0.1, 0.15) is 0 Å². The predicted octanol–water partition coefficient (Wildman–Crippen LogP) is 2.55. The first-order valence-corrected chi connectivity index (χ1v) is 5.60. The van der Waals surface area contributed by atoms with Gasteiger partial charge in [0.05, 0.1) is 0 Å². The summed E-state index contributed by atoms with van der Waals surface area (Å²) in [4.78, 5) is 0. The maximum atomic E-state index is 5.49. The molecular formula is C11H21N. The molecule has 0 aromatic rings. The second kappa shape index (κ2) is 3.78. The van der Waals surface area contributed by atoms with Crippen LogP contribution in [0.2, 0.25) is 0 Å². The van der Waals surface area contributed by atoms with Crippen LogP contribution in [0.1, 0.15) is 44.9 Å². The van der Waals surface area contributed by atoms with Gasteiger partial charge in [-0.2, -0.15) is 0 Å². The van der Waals surface area contributed by atoms with Crippen LogP contribution in [0.25, 0.3) is 0 Å². The van der Waals surface area contributed by atoms with Gasteiger partial charge in [0.25, 0.3) is 0 Å². The molecule has 0 amide bonds. The third-order valence-corrected chi connectivity index (χ3v) is 3.91. The fourth-order valence-electron chi connectivity index (χ4n) is 3.28. The van der Waals surface area contributed by atoms with Crippen LogP contribution in [0.3, 0.4) is 0 Å². The standard InChI is InChI=1S/C11H21N/c12-6-2-1-3-10-7-9-4-5-11(10)8-9/h9-11H,1-8,12H2/t9-,10-,11+/m0/s1. The van der Waals surface area contributed by atoms with E-state index in [-0.39, 0.29) is 0 Å². The Morgan fingerprint density at radius 2 is 2.00 bits per heavy atom. The monoisotopic (exact) mass is 167 g/mol. The quantitative estimate of drug-likeness (QED) is 0.640. The lowest BCUT2D eigenvalue weighted by Gasteiger charge is -2.21. The molecule has 2 bridgehead atoms. The molecule has 3 atom stereocenters. The Morgan fingerprint density at radius 1 is 1.08 bits per heavy atom. The van der Waals surface area contributed by atoms with E-state index in [2.05, 4.69) is 0 Å². The summed E-state index contributed by atoms with van der Waals surface area (Å²) in [7, 11) is 0. The predicted molar refractivity (Wildman–Crippen MR) is 51.8 cm³/mol. The number of fused-ring (bicyclic) bond motifs is 2. The molecule has 2 aliphatic carbocycles. The van der Waals surface area contributed by atoms with Crippen molar-refractivity contribution in [2.75, 3.05) is 6.54 Å². The van der Waals surface area contributed by atoms with Crippen LogP contribution in [-0.4, -0.2) is 6.54 Å². The minimum atomic E-state index is 0.890. The Hall–Kier alpha value is -0.0400. The van der Waals surface area contributed by atoms with Gasteiger partial charge in [-0.25, -0.2) is 0 Å². The Balaban J connectivity index is 1.69. The first-order valence-electron chi connectivity index (χ1n) is 5.60. The zero-order chi connectivity index (χ0) is 8.39. The average molecular weight is 167 g/mol. The summed E-state index contributed by atoms with van der Waals surface area (Å²) in [6.07, 6.45) is 10.3. The van der Waals surface area contributed by atoms with E-state index in [0.717, 1.165) is 24.3 Å². The smallest absolute Gasteiger partial charge is 0.00773 e. The van der Waals surface area contributed by atoms with Crippen LogP contribution in [0.5, 0.6) is 0 Å². The van der Waals surface area contributed by atoms with Crippen LogP contribution in [0, 0.1) is 17.8 Å². The summed E-state index contributed by atoms with van der Waals surface area (Å²) in [5.74, 6) is 3.33. The van der Waals surface area contributed by atoms with Crippen molar-refractivity contribution in [2.45, 2.75) is 44.9 Å². The topological polar surface area (TPSA) is 26.0 Å². The van der Waals surface area contributed by atoms with Crippen LogP contribution in [0.4, 0.5) is 0 Å². The zero-order valence-corrected chi connectivity index (χ0v) is 7.97. The summed E-state index contributed by atoms with van der Waals surface area (Å²) in [5, 5.41) is 0. The van der Waals surface area contributed by atoms with Crippen molar-refractivity contribution in [3.63, 3.8) is 0 Å². The largest absolute Gasteiger partial charge is 0.330 e. The molecule has 0 unspecified atom stereocenters. The molecule has 0 heterocycles. The van der Waals surface area contributed by atoms with E-state index in [9.17, 15) is 0 Å². The first-order chi connectivity index (χ1) is 5.90. The van der Waals surface area contributed by atoms with Gasteiger partial charge in [0, 0.05) is 0 Å². The minimum absolute atomic E-state index is 0.890. The summed E-state index contributed by atoms with van der Waals surface area (Å²) in [5.41, 5.74) is 5.49. The molecule has 0 saturated heterocycles. The molecule has 1 heteroatoms. The molecule has 0 aliphatic heterocycles. The summed E-state index contributed by atoms with van der Waals surface area (Å²) >= 11 is 0. The van der Waals surface area contributed by atoms with E-state index < -0.39 is 0 Å². The van der Waals surface area contributed by atoms with E-state index in [1.54, 1.807) is 12.8 Å². The highest BCUT2D eigenvalue weighted by atomic mass is 14.5. The van der Waals surface area contributed by atoms with Gasteiger partial charge in [0.15, 0.2) is 0 Å². The number of rotatable bonds is 4. The zero-order valence-electron chi connectivity index (χ0n) is 7.97. The highest BCUT2D eigenvalue weighted by Gasteiger charge is 2.38. The van der Waals surface area contributed by atoms with Gasteiger partial charge in [0.2, 0.25) is 0 Å². The van der Waals surface area contributed by atoms with E-state index in [4.69, 9.17) is 5.73 Å². The second-order valence-electron chi connectivity index (χ2n) is 4.72. The molecule has 2 N–H and O–H groups in total. The molecule has 2 rings (SSSR count). The second-order valence-corrected chi connectivity index (χ2v) is 4.72. The fraction of sp³-hybridized carbons (Fsp3) is 1.00. The van der Waals surface area contributed by atoms with Gasteiger partial charge in [-0.3, -0.25) is 0 Å². The van der Waals surface area contributed by atoms with Crippen molar-refractivity contribution in [2.24, 2.45) is 23.5 Å². The van der Waals surface area contributed by atoms with E-state index in [1.165, 1.54) is 32.1 Å². The molecule has 70 valence electrons. The highest BCUT2D eigenvalue weighted by molar-refractivity contribution is 4.89. The van der Waals surface area contributed by atoms with Crippen LogP contribution in [-0.2, 0) is 0 Å². The number of nitrogens with two attached hydrogens (primary N) is 1. The van der Waals surface area contributed by atoms with Crippen LogP contribution in [0.15, 0.2) is 0 Å². The maximum Gasteiger partial charge on any atom is -0.00773 e. The first kappa shape index (κ1) is 8.55. The molecule has 12 heavy (non-hydrogen) atoms. The molecule has 2 saturated carbocycles. The molecule has 0 aromatic carbocycles. The summed E-state index contributed by atoms with van der Waals surface area (Å²) < 4.78 is 0. The Bertz CT molecular complexity index is 144. The lowest BCUT2D eigenvalue weighted by Crippen LogP contribution is -2.10. The molecule has 0 spiro atoms. The van der Waals surface area contributed by atoms with Crippen molar-refractivity contribution in [1.29, 1.82) is 0 Å². The highest BCUT2D eigenvalue weighted by Crippen LogP contribution is 2.49. The Labute approximate surface area is 75.7 Å². The van der Waals surface area contributed by atoms with Crippen molar-refractivity contribution < 1.29 is 0 Å². The molecule has 2 aliphatic rings. The average Bonchev–Trinajstić information content (AvgIpc) is 2.65. The molecular weight excluding hydrogens is 146 g/mol. The van der Waals surface area contributed by atoms with Crippen LogP contribution < -0.4 is 5.73 Å². The third kappa shape index (κ3) is 1.66. The van der Waals surface area contributed by atoms with Gasteiger partial charge < -0.3 is 5.73 Å². The van der Waals surface area contributed by atoms with Gasteiger partial charge in [-0.1, -0.05) is 19.3 Å². The lowest BCUT2D eigenvalue weighted by atomic mass is 9.85. The number of hydrogen-bond donors (Lipinski definition) is 1. The normalized spacial score (nSPS) is 39.2. The summed E-state index contributed by atoms with van der Waals surface area (Å²) in [6, 6.07) is 0. The summed E-state index contributed by atoms with van der Waals surface area (Å²) in [6.45, 7) is 0.890. The van der Waals surface area contributed by atoms with E-state index >= 15 is 0 Å².